The minimum atomic E-state index is -1.29. The van der Waals surface area contributed by atoms with Gasteiger partial charge in [0, 0.05) is 12.1 Å². The number of carbonyl (C=O) groups excluding carboxylic acids is 1. The number of carboxylic acids is 1. The number of aromatic nitrogens is 3. The van der Waals surface area contributed by atoms with E-state index in [2.05, 4.69) is 10.3 Å². The Hall–Kier alpha value is -2.91. The Kier molecular flexibility index (Phi) is 3.87. The fraction of sp³-hybridized carbons (Fsp3) is 0.0909. The number of benzene rings is 1. The molecule has 2 aromatic rings. The van der Waals surface area contributed by atoms with Gasteiger partial charge in [-0.1, -0.05) is 5.21 Å². The predicted octanol–water partition coefficient (Wildman–Crippen LogP) is 1.03. The van der Waals surface area contributed by atoms with E-state index in [4.69, 9.17) is 5.11 Å². The van der Waals surface area contributed by atoms with Crippen LogP contribution in [0.1, 0.15) is 10.5 Å². The van der Waals surface area contributed by atoms with Crippen LogP contribution in [0.5, 0.6) is 0 Å². The standard InChI is InChI=1S/C11H7F3N4O3/c12-5-1-6(13)10(7(14)2-5)15-11(21)8-3-18(17-16-8)4-9(19)20/h1-3H,4H2,(H,15,21)(H,19,20). The number of carboxylic acid groups (broad SMARTS) is 1. The third kappa shape index (κ3) is 3.35. The number of hydrogen-bond acceptors (Lipinski definition) is 4. The van der Waals surface area contributed by atoms with Gasteiger partial charge in [0.15, 0.2) is 17.3 Å². The second kappa shape index (κ2) is 5.61. The Balaban J connectivity index is 2.18. The van der Waals surface area contributed by atoms with Crippen LogP contribution >= 0.6 is 0 Å². The largest absolute Gasteiger partial charge is 0.480 e. The number of anilines is 1. The van der Waals surface area contributed by atoms with Crippen LogP contribution in [0.2, 0.25) is 0 Å². The van der Waals surface area contributed by atoms with Crippen LogP contribution in [0, 0.1) is 17.5 Å². The molecule has 0 saturated carbocycles. The maximum atomic E-state index is 13.4. The lowest BCUT2D eigenvalue weighted by Crippen LogP contribution is -2.15. The van der Waals surface area contributed by atoms with Crippen molar-refractivity contribution in [2.45, 2.75) is 6.54 Å². The molecule has 2 rings (SSSR count). The highest BCUT2D eigenvalue weighted by Gasteiger charge is 2.18. The van der Waals surface area contributed by atoms with Crippen molar-refractivity contribution in [2.75, 3.05) is 5.32 Å². The fourth-order valence-corrected chi connectivity index (χ4v) is 1.46. The average Bonchev–Trinajstić information content (AvgIpc) is 2.81. The second-order valence-corrected chi connectivity index (χ2v) is 3.89. The van der Waals surface area contributed by atoms with E-state index in [1.807, 2.05) is 5.32 Å². The van der Waals surface area contributed by atoms with E-state index in [0.717, 1.165) is 10.9 Å². The van der Waals surface area contributed by atoms with Crippen LogP contribution in [-0.2, 0) is 11.3 Å². The van der Waals surface area contributed by atoms with E-state index in [0.29, 0.717) is 12.1 Å². The molecule has 0 spiro atoms. The highest BCUT2D eigenvalue weighted by molar-refractivity contribution is 6.02. The Morgan fingerprint density at radius 2 is 1.86 bits per heavy atom. The molecule has 10 heteroatoms. The van der Waals surface area contributed by atoms with Crippen LogP contribution in [0.15, 0.2) is 18.3 Å². The van der Waals surface area contributed by atoms with Gasteiger partial charge in [-0.2, -0.15) is 0 Å². The molecule has 0 saturated heterocycles. The lowest BCUT2D eigenvalue weighted by molar-refractivity contribution is -0.137. The zero-order valence-corrected chi connectivity index (χ0v) is 10.2. The molecule has 0 radical (unpaired) electrons. The zero-order chi connectivity index (χ0) is 15.6. The minimum Gasteiger partial charge on any atom is -0.480 e. The van der Waals surface area contributed by atoms with Crippen LogP contribution in [0.25, 0.3) is 0 Å². The summed E-state index contributed by atoms with van der Waals surface area (Å²) in [5.74, 6) is -5.94. The normalized spacial score (nSPS) is 10.4. The smallest absolute Gasteiger partial charge is 0.325 e. The van der Waals surface area contributed by atoms with Crippen molar-refractivity contribution in [1.82, 2.24) is 15.0 Å². The summed E-state index contributed by atoms with van der Waals surface area (Å²) in [6, 6.07) is 0.806. The Bertz CT molecular complexity index is 693. The summed E-state index contributed by atoms with van der Waals surface area (Å²) < 4.78 is 40.3. The van der Waals surface area contributed by atoms with E-state index in [1.54, 1.807) is 0 Å². The van der Waals surface area contributed by atoms with Crippen molar-refractivity contribution in [2.24, 2.45) is 0 Å². The van der Waals surface area contributed by atoms with Gasteiger partial charge in [-0.25, -0.2) is 17.9 Å². The highest BCUT2D eigenvalue weighted by atomic mass is 19.1. The summed E-state index contributed by atoms with van der Waals surface area (Å²) in [6.07, 6.45) is 0.989. The number of nitrogens with zero attached hydrogens (tertiary/aromatic N) is 3. The van der Waals surface area contributed by atoms with Crippen molar-refractivity contribution in [3.8, 4) is 0 Å². The van der Waals surface area contributed by atoms with Crippen LogP contribution in [0.4, 0.5) is 18.9 Å². The number of aliphatic carboxylic acids is 1. The van der Waals surface area contributed by atoms with Crippen molar-refractivity contribution in [3.05, 3.63) is 41.5 Å². The average molecular weight is 300 g/mol. The molecule has 0 aliphatic carbocycles. The molecule has 0 fully saturated rings. The fourth-order valence-electron chi connectivity index (χ4n) is 1.46. The molecule has 0 bridgehead atoms. The first-order valence-electron chi connectivity index (χ1n) is 5.44. The molecule has 0 aliphatic heterocycles. The van der Waals surface area contributed by atoms with Gasteiger partial charge < -0.3 is 10.4 Å². The van der Waals surface area contributed by atoms with E-state index in [1.165, 1.54) is 0 Å². The van der Waals surface area contributed by atoms with Crippen molar-refractivity contribution >= 4 is 17.6 Å². The van der Waals surface area contributed by atoms with Gasteiger partial charge in [0.05, 0.1) is 6.20 Å². The molecule has 0 aliphatic rings. The van der Waals surface area contributed by atoms with Crippen LogP contribution < -0.4 is 5.32 Å². The minimum absolute atomic E-state index is 0.348. The lowest BCUT2D eigenvalue weighted by atomic mass is 10.2. The summed E-state index contributed by atoms with van der Waals surface area (Å²) in [7, 11) is 0. The summed E-state index contributed by atoms with van der Waals surface area (Å²) in [5, 5.41) is 17.1. The van der Waals surface area contributed by atoms with Crippen LogP contribution in [0.3, 0.4) is 0 Å². The second-order valence-electron chi connectivity index (χ2n) is 3.89. The summed E-state index contributed by atoms with van der Waals surface area (Å²) in [4.78, 5) is 22.1. The Morgan fingerprint density at radius 3 is 2.43 bits per heavy atom. The number of halogens is 3. The highest BCUT2D eigenvalue weighted by Crippen LogP contribution is 2.20. The van der Waals surface area contributed by atoms with E-state index < -0.39 is 41.6 Å². The maximum absolute atomic E-state index is 13.4. The summed E-state index contributed by atoms with van der Waals surface area (Å²) in [5.41, 5.74) is -1.19. The Labute approximate surface area is 115 Å². The molecule has 1 heterocycles. The van der Waals surface area contributed by atoms with E-state index in [-0.39, 0.29) is 5.69 Å². The lowest BCUT2D eigenvalue weighted by Gasteiger charge is -2.05. The summed E-state index contributed by atoms with van der Waals surface area (Å²) >= 11 is 0. The Morgan fingerprint density at radius 1 is 1.24 bits per heavy atom. The molecular weight excluding hydrogens is 293 g/mol. The van der Waals surface area contributed by atoms with Gasteiger partial charge >= 0.3 is 5.97 Å². The predicted molar refractivity (Wildman–Crippen MR) is 61.9 cm³/mol. The maximum Gasteiger partial charge on any atom is 0.325 e. The molecule has 110 valence electrons. The number of nitrogens with one attached hydrogen (secondary N) is 1. The number of amides is 1. The molecule has 0 unspecified atom stereocenters. The topological polar surface area (TPSA) is 97.1 Å². The monoisotopic (exact) mass is 300 g/mol. The van der Waals surface area contributed by atoms with Crippen molar-refractivity contribution in [3.63, 3.8) is 0 Å². The van der Waals surface area contributed by atoms with Gasteiger partial charge in [0.25, 0.3) is 5.91 Å². The van der Waals surface area contributed by atoms with Gasteiger partial charge in [0.1, 0.15) is 18.0 Å². The zero-order valence-electron chi connectivity index (χ0n) is 10.2. The quantitative estimate of drug-likeness (QED) is 0.879. The molecular formula is C11H7F3N4O3. The number of carbonyl (C=O) groups is 2. The van der Waals surface area contributed by atoms with Gasteiger partial charge in [-0.05, 0) is 0 Å². The first kappa shape index (κ1) is 14.5. The number of rotatable bonds is 4. The molecule has 0 atom stereocenters. The van der Waals surface area contributed by atoms with Crippen molar-refractivity contribution < 1.29 is 27.9 Å². The van der Waals surface area contributed by atoms with Crippen LogP contribution in [-0.4, -0.2) is 32.0 Å². The number of hydrogen-bond donors (Lipinski definition) is 2. The molecule has 7 nitrogen and oxygen atoms in total. The molecule has 1 aromatic carbocycles. The first-order chi connectivity index (χ1) is 9.86. The molecule has 2 N–H and O–H groups in total. The molecule has 1 aromatic heterocycles. The van der Waals surface area contributed by atoms with E-state index in [9.17, 15) is 22.8 Å². The van der Waals surface area contributed by atoms with Gasteiger partial charge in [-0.3, -0.25) is 9.59 Å². The molecule has 21 heavy (non-hydrogen) atoms. The summed E-state index contributed by atoms with van der Waals surface area (Å²) in [6.45, 7) is -0.528. The van der Waals surface area contributed by atoms with Gasteiger partial charge in [-0.15, -0.1) is 5.10 Å². The first-order valence-corrected chi connectivity index (χ1v) is 5.44. The third-order valence-electron chi connectivity index (χ3n) is 2.31. The molecule has 1 amide bonds. The van der Waals surface area contributed by atoms with Gasteiger partial charge in [0.2, 0.25) is 0 Å². The van der Waals surface area contributed by atoms with E-state index >= 15 is 0 Å². The SMILES string of the molecule is O=C(O)Cn1cc(C(=O)Nc2c(F)cc(F)cc2F)nn1. The third-order valence-corrected chi connectivity index (χ3v) is 2.31. The van der Waals surface area contributed by atoms with Crippen molar-refractivity contribution in [1.29, 1.82) is 0 Å².